The molecule has 0 fully saturated rings. The van der Waals surface area contributed by atoms with Crippen LogP contribution >= 0.6 is 23.2 Å². The van der Waals surface area contributed by atoms with Crippen LogP contribution in [-0.2, 0) is 0 Å². The minimum absolute atomic E-state index is 0.00589. The second kappa shape index (κ2) is 6.56. The third kappa shape index (κ3) is 3.93. The summed E-state index contributed by atoms with van der Waals surface area (Å²) in [4.78, 5) is 10.2. The molecular formula is C14H11Cl2N3O2. The van der Waals surface area contributed by atoms with Gasteiger partial charge in [-0.15, -0.1) is 0 Å². The minimum Gasteiger partial charge on any atom is -0.278 e. The number of nitro groups is 1. The van der Waals surface area contributed by atoms with Crippen molar-refractivity contribution in [1.82, 2.24) is 0 Å². The van der Waals surface area contributed by atoms with Crippen LogP contribution in [0.4, 0.5) is 11.4 Å². The monoisotopic (exact) mass is 323 g/mol. The predicted octanol–water partition coefficient (Wildman–Crippen LogP) is 4.74. The Kier molecular flexibility index (Phi) is 4.77. The van der Waals surface area contributed by atoms with Gasteiger partial charge in [0.15, 0.2) is 0 Å². The number of nitrogens with zero attached hydrogens (tertiary/aromatic N) is 2. The summed E-state index contributed by atoms with van der Waals surface area (Å²) in [6.45, 7) is 1.77. The van der Waals surface area contributed by atoms with Crippen LogP contribution in [0.15, 0.2) is 47.6 Å². The van der Waals surface area contributed by atoms with Crippen molar-refractivity contribution in [3.8, 4) is 0 Å². The summed E-state index contributed by atoms with van der Waals surface area (Å²) < 4.78 is 0. The van der Waals surface area contributed by atoms with Gasteiger partial charge in [-0.05, 0) is 31.2 Å². The smallest absolute Gasteiger partial charge is 0.271 e. The van der Waals surface area contributed by atoms with Crippen molar-refractivity contribution in [3.63, 3.8) is 0 Å². The lowest BCUT2D eigenvalue weighted by atomic mass is 10.1. The molecule has 1 N–H and O–H groups in total. The van der Waals surface area contributed by atoms with Gasteiger partial charge in [-0.1, -0.05) is 29.3 Å². The van der Waals surface area contributed by atoms with Gasteiger partial charge in [0.2, 0.25) is 0 Å². The van der Waals surface area contributed by atoms with E-state index >= 15 is 0 Å². The summed E-state index contributed by atoms with van der Waals surface area (Å²) in [7, 11) is 0. The molecule has 0 bridgehead atoms. The maximum absolute atomic E-state index is 10.7. The molecule has 0 aliphatic rings. The van der Waals surface area contributed by atoms with E-state index in [0.717, 1.165) is 0 Å². The predicted molar refractivity (Wildman–Crippen MR) is 85.4 cm³/mol. The lowest BCUT2D eigenvalue weighted by Crippen LogP contribution is -2.01. The largest absolute Gasteiger partial charge is 0.278 e. The first-order valence-electron chi connectivity index (χ1n) is 5.97. The minimum atomic E-state index is -0.463. The van der Waals surface area contributed by atoms with E-state index in [1.54, 1.807) is 37.3 Å². The molecule has 0 atom stereocenters. The van der Waals surface area contributed by atoms with Crippen LogP contribution in [-0.4, -0.2) is 10.6 Å². The first kappa shape index (κ1) is 15.3. The van der Waals surface area contributed by atoms with Gasteiger partial charge < -0.3 is 0 Å². The van der Waals surface area contributed by atoms with Crippen LogP contribution in [0.5, 0.6) is 0 Å². The number of anilines is 1. The quantitative estimate of drug-likeness (QED) is 0.502. The van der Waals surface area contributed by atoms with E-state index < -0.39 is 4.92 Å². The first-order chi connectivity index (χ1) is 9.97. The fraction of sp³-hybridized carbons (Fsp3) is 0.0714. The van der Waals surface area contributed by atoms with Crippen LogP contribution < -0.4 is 5.43 Å². The Hall–Kier alpha value is -2.11. The van der Waals surface area contributed by atoms with Gasteiger partial charge in [0.05, 0.1) is 16.3 Å². The zero-order valence-electron chi connectivity index (χ0n) is 11.0. The SMILES string of the molecule is C/C(=N\Nc1cccc([N+](=O)[O-])c1)c1cc(Cl)ccc1Cl. The summed E-state index contributed by atoms with van der Waals surface area (Å²) >= 11 is 12.0. The summed E-state index contributed by atoms with van der Waals surface area (Å²) in [5.74, 6) is 0. The maximum atomic E-state index is 10.7. The first-order valence-corrected chi connectivity index (χ1v) is 6.73. The van der Waals surface area contributed by atoms with E-state index in [-0.39, 0.29) is 5.69 Å². The zero-order valence-corrected chi connectivity index (χ0v) is 12.5. The van der Waals surface area contributed by atoms with E-state index in [9.17, 15) is 10.1 Å². The highest BCUT2D eigenvalue weighted by molar-refractivity contribution is 6.36. The highest BCUT2D eigenvalue weighted by Gasteiger charge is 2.07. The Morgan fingerprint density at radius 2 is 2.00 bits per heavy atom. The molecule has 21 heavy (non-hydrogen) atoms. The van der Waals surface area contributed by atoms with Crippen molar-refractivity contribution in [3.05, 3.63) is 68.2 Å². The number of rotatable bonds is 4. The fourth-order valence-corrected chi connectivity index (χ4v) is 2.10. The number of hydrazone groups is 1. The Labute approximate surface area is 131 Å². The van der Waals surface area contributed by atoms with Crippen LogP contribution in [0.1, 0.15) is 12.5 Å². The number of benzene rings is 2. The number of hydrogen-bond donors (Lipinski definition) is 1. The molecule has 0 aliphatic heterocycles. The van der Waals surface area contributed by atoms with Crippen molar-refractivity contribution in [2.24, 2.45) is 5.10 Å². The van der Waals surface area contributed by atoms with Gasteiger partial charge in [0.1, 0.15) is 0 Å². The Morgan fingerprint density at radius 3 is 2.71 bits per heavy atom. The molecule has 0 aliphatic carbocycles. The topological polar surface area (TPSA) is 67.5 Å². The Balaban J connectivity index is 2.22. The summed E-state index contributed by atoms with van der Waals surface area (Å²) in [6.07, 6.45) is 0. The normalized spacial score (nSPS) is 11.3. The van der Waals surface area contributed by atoms with E-state index in [2.05, 4.69) is 10.5 Å². The van der Waals surface area contributed by atoms with Crippen molar-refractivity contribution in [1.29, 1.82) is 0 Å². The third-order valence-corrected chi connectivity index (χ3v) is 3.29. The Morgan fingerprint density at radius 1 is 1.24 bits per heavy atom. The molecule has 2 rings (SSSR count). The van der Waals surface area contributed by atoms with E-state index in [1.165, 1.54) is 12.1 Å². The van der Waals surface area contributed by atoms with Gasteiger partial charge in [-0.3, -0.25) is 15.5 Å². The highest BCUT2D eigenvalue weighted by Crippen LogP contribution is 2.22. The molecule has 0 unspecified atom stereocenters. The second-order valence-corrected chi connectivity index (χ2v) is 5.08. The van der Waals surface area contributed by atoms with Gasteiger partial charge in [-0.25, -0.2) is 0 Å². The van der Waals surface area contributed by atoms with Gasteiger partial charge in [0, 0.05) is 27.7 Å². The lowest BCUT2D eigenvalue weighted by molar-refractivity contribution is -0.384. The number of nitro benzene ring substituents is 1. The molecule has 0 aromatic heterocycles. The average molecular weight is 324 g/mol. The zero-order chi connectivity index (χ0) is 15.4. The van der Waals surface area contributed by atoms with Gasteiger partial charge in [0.25, 0.3) is 5.69 Å². The molecular weight excluding hydrogens is 313 g/mol. The summed E-state index contributed by atoms with van der Waals surface area (Å²) in [6, 6.07) is 11.2. The molecule has 7 heteroatoms. The van der Waals surface area contributed by atoms with Crippen molar-refractivity contribution in [2.45, 2.75) is 6.92 Å². The fourth-order valence-electron chi connectivity index (χ4n) is 1.67. The molecule has 0 spiro atoms. The van der Waals surface area contributed by atoms with E-state index in [1.807, 2.05) is 0 Å². The maximum Gasteiger partial charge on any atom is 0.271 e. The van der Waals surface area contributed by atoms with Crippen molar-refractivity contribution < 1.29 is 4.92 Å². The number of nitrogens with one attached hydrogen (secondary N) is 1. The van der Waals surface area contributed by atoms with Crippen molar-refractivity contribution >= 4 is 40.3 Å². The molecule has 0 saturated heterocycles. The van der Waals surface area contributed by atoms with Crippen LogP contribution in [0, 0.1) is 10.1 Å². The Bertz CT molecular complexity index is 717. The molecule has 0 heterocycles. The van der Waals surface area contributed by atoms with Crippen molar-refractivity contribution in [2.75, 3.05) is 5.43 Å². The number of halogens is 2. The molecule has 0 radical (unpaired) electrons. The highest BCUT2D eigenvalue weighted by atomic mass is 35.5. The van der Waals surface area contributed by atoms with Gasteiger partial charge >= 0.3 is 0 Å². The third-order valence-electron chi connectivity index (χ3n) is 2.73. The molecule has 2 aromatic carbocycles. The number of non-ortho nitro benzene ring substituents is 1. The molecule has 5 nitrogen and oxygen atoms in total. The van der Waals surface area contributed by atoms with Crippen LogP contribution in [0.2, 0.25) is 10.0 Å². The standard InChI is InChI=1S/C14H11Cl2N3O2/c1-9(13-7-10(15)5-6-14(13)16)17-18-11-3-2-4-12(8-11)19(20)21/h2-8,18H,1H3/b17-9+. The lowest BCUT2D eigenvalue weighted by Gasteiger charge is -2.06. The summed E-state index contributed by atoms with van der Waals surface area (Å²) in [5, 5.41) is 16.0. The number of hydrogen-bond acceptors (Lipinski definition) is 4. The average Bonchev–Trinajstić information content (AvgIpc) is 2.47. The van der Waals surface area contributed by atoms with Crippen LogP contribution in [0.25, 0.3) is 0 Å². The molecule has 108 valence electrons. The second-order valence-electron chi connectivity index (χ2n) is 4.24. The molecule has 2 aromatic rings. The molecule has 0 saturated carbocycles. The van der Waals surface area contributed by atoms with E-state index in [4.69, 9.17) is 23.2 Å². The van der Waals surface area contributed by atoms with E-state index in [0.29, 0.717) is 27.0 Å². The summed E-state index contributed by atoms with van der Waals surface area (Å²) in [5.41, 5.74) is 4.59. The van der Waals surface area contributed by atoms with Gasteiger partial charge in [-0.2, -0.15) is 5.10 Å². The molecule has 0 amide bonds. The van der Waals surface area contributed by atoms with Crippen LogP contribution in [0.3, 0.4) is 0 Å².